The molecule has 3 heterocycles. The number of likely N-dealkylation sites (tertiary alicyclic amines) is 2. The van der Waals surface area contributed by atoms with Crippen LogP contribution in [0.3, 0.4) is 0 Å². The lowest BCUT2D eigenvalue weighted by Crippen LogP contribution is -2.30. The molecule has 23 heavy (non-hydrogen) atoms. The first kappa shape index (κ1) is 14.2. The van der Waals surface area contributed by atoms with E-state index < -0.39 is 0 Å². The maximum absolute atomic E-state index is 12.8. The van der Waals surface area contributed by atoms with Gasteiger partial charge in [0.25, 0.3) is 5.91 Å². The molecule has 1 N–H and O–H groups in total. The first-order chi connectivity index (χ1) is 11.2. The van der Waals surface area contributed by atoms with Crippen LogP contribution >= 0.6 is 0 Å². The summed E-state index contributed by atoms with van der Waals surface area (Å²) in [5, 5.41) is 10.6. The van der Waals surface area contributed by atoms with Gasteiger partial charge in [-0.2, -0.15) is 15.4 Å². The van der Waals surface area contributed by atoms with E-state index in [1.165, 1.54) is 0 Å². The number of carbonyl (C=O) groups excluding carboxylic acids is 2. The highest BCUT2D eigenvalue weighted by Gasteiger charge is 2.36. The van der Waals surface area contributed by atoms with Crippen LogP contribution in [0.25, 0.3) is 11.0 Å². The Labute approximate surface area is 133 Å². The summed E-state index contributed by atoms with van der Waals surface area (Å²) in [5.41, 5.74) is 2.14. The molecule has 2 unspecified atom stereocenters. The minimum Gasteiger partial charge on any atom is -0.345 e. The van der Waals surface area contributed by atoms with Crippen molar-refractivity contribution in [3.63, 3.8) is 0 Å². The van der Waals surface area contributed by atoms with Crippen LogP contribution in [-0.4, -0.2) is 63.7 Å². The number of rotatable bonds is 2. The second-order valence-corrected chi connectivity index (χ2v) is 6.48. The molecule has 2 saturated heterocycles. The number of amides is 2. The molecule has 2 atom stereocenters. The Morgan fingerprint density at radius 1 is 1.13 bits per heavy atom. The summed E-state index contributed by atoms with van der Waals surface area (Å²) in [6.45, 7) is 3.18. The van der Waals surface area contributed by atoms with Crippen LogP contribution in [0.1, 0.15) is 23.2 Å². The van der Waals surface area contributed by atoms with Crippen LogP contribution < -0.4 is 0 Å². The maximum atomic E-state index is 12.8. The van der Waals surface area contributed by atoms with Crippen molar-refractivity contribution < 1.29 is 9.59 Å². The molecule has 0 radical (unpaired) electrons. The highest BCUT2D eigenvalue weighted by Crippen LogP contribution is 2.32. The van der Waals surface area contributed by atoms with Gasteiger partial charge in [0.15, 0.2) is 0 Å². The van der Waals surface area contributed by atoms with E-state index in [0.717, 1.165) is 50.9 Å². The smallest absolute Gasteiger partial charge is 0.253 e. The van der Waals surface area contributed by atoms with Gasteiger partial charge in [-0.25, -0.2) is 0 Å². The fourth-order valence-corrected chi connectivity index (χ4v) is 3.80. The number of hydrogen-bond donors (Lipinski definition) is 1. The van der Waals surface area contributed by atoms with Crippen molar-refractivity contribution >= 4 is 23.4 Å². The van der Waals surface area contributed by atoms with Crippen molar-refractivity contribution in [1.29, 1.82) is 0 Å². The van der Waals surface area contributed by atoms with E-state index in [2.05, 4.69) is 15.4 Å². The molecule has 2 aliphatic rings. The Bertz CT molecular complexity index is 727. The summed E-state index contributed by atoms with van der Waals surface area (Å²) >= 11 is 0. The van der Waals surface area contributed by atoms with Crippen LogP contribution in [-0.2, 0) is 4.79 Å². The van der Waals surface area contributed by atoms with Gasteiger partial charge in [-0.05, 0) is 42.9 Å². The summed E-state index contributed by atoms with van der Waals surface area (Å²) in [6.07, 6.45) is 2.90. The van der Waals surface area contributed by atoms with Gasteiger partial charge >= 0.3 is 0 Å². The number of nitrogens with zero attached hydrogens (tertiary/aromatic N) is 4. The third kappa shape index (κ3) is 2.56. The lowest BCUT2D eigenvalue weighted by atomic mass is 9.92. The third-order valence-electron chi connectivity index (χ3n) is 5.15. The molecule has 2 fully saturated rings. The summed E-state index contributed by atoms with van der Waals surface area (Å²) in [5.74, 6) is 1.06. The van der Waals surface area contributed by atoms with Gasteiger partial charge in [-0.1, -0.05) is 0 Å². The molecule has 4 rings (SSSR count). The minimum absolute atomic E-state index is 0.0650. The van der Waals surface area contributed by atoms with Gasteiger partial charge in [0.1, 0.15) is 11.0 Å². The van der Waals surface area contributed by atoms with Gasteiger partial charge < -0.3 is 9.80 Å². The van der Waals surface area contributed by atoms with Crippen molar-refractivity contribution in [2.24, 2.45) is 11.8 Å². The van der Waals surface area contributed by atoms with Crippen molar-refractivity contribution in [2.45, 2.75) is 12.8 Å². The number of fused-ring (bicyclic) bond motifs is 2. The van der Waals surface area contributed by atoms with Gasteiger partial charge in [-0.15, -0.1) is 0 Å². The number of carbonyl (C=O) groups is 2. The number of aromatic nitrogens is 3. The quantitative estimate of drug-likeness (QED) is 0.835. The van der Waals surface area contributed by atoms with Crippen LogP contribution in [0.15, 0.2) is 18.2 Å². The van der Waals surface area contributed by atoms with Gasteiger partial charge in [0, 0.05) is 31.7 Å². The predicted molar refractivity (Wildman–Crippen MR) is 83.6 cm³/mol. The Morgan fingerprint density at radius 2 is 1.83 bits per heavy atom. The molecule has 2 aliphatic heterocycles. The largest absolute Gasteiger partial charge is 0.345 e. The SMILES string of the molecule is O=CN1CCC2CN(C(=O)c3ccc4n[nH]nc4c3)CC2CC1. The number of nitrogens with one attached hydrogen (secondary N) is 1. The van der Waals surface area contributed by atoms with Gasteiger partial charge in [-0.3, -0.25) is 9.59 Å². The van der Waals surface area contributed by atoms with Crippen LogP contribution in [0.4, 0.5) is 0 Å². The van der Waals surface area contributed by atoms with Gasteiger partial charge in [0.05, 0.1) is 0 Å². The molecular formula is C16H19N5O2. The summed E-state index contributed by atoms with van der Waals surface area (Å²) in [4.78, 5) is 27.5. The average Bonchev–Trinajstić information content (AvgIpc) is 3.16. The number of H-pyrrole nitrogens is 1. The molecule has 1 aromatic heterocycles. The zero-order chi connectivity index (χ0) is 15.8. The first-order valence-corrected chi connectivity index (χ1v) is 8.04. The third-order valence-corrected chi connectivity index (χ3v) is 5.15. The van der Waals surface area contributed by atoms with E-state index in [-0.39, 0.29) is 5.91 Å². The second kappa shape index (κ2) is 5.64. The zero-order valence-corrected chi connectivity index (χ0v) is 12.8. The fourth-order valence-electron chi connectivity index (χ4n) is 3.80. The summed E-state index contributed by atoms with van der Waals surface area (Å²) < 4.78 is 0. The molecule has 7 heteroatoms. The number of aromatic amines is 1. The van der Waals surface area contributed by atoms with E-state index in [1.54, 1.807) is 6.07 Å². The minimum atomic E-state index is 0.0650. The van der Waals surface area contributed by atoms with E-state index in [0.29, 0.717) is 22.9 Å². The van der Waals surface area contributed by atoms with Crippen molar-refractivity contribution in [2.75, 3.05) is 26.2 Å². The molecule has 2 amide bonds. The highest BCUT2D eigenvalue weighted by molar-refractivity contribution is 5.97. The molecule has 0 aliphatic carbocycles. The van der Waals surface area contributed by atoms with Crippen LogP contribution in [0.5, 0.6) is 0 Å². The normalized spacial score (nSPS) is 24.5. The van der Waals surface area contributed by atoms with Crippen LogP contribution in [0, 0.1) is 11.8 Å². The molecular weight excluding hydrogens is 294 g/mol. The zero-order valence-electron chi connectivity index (χ0n) is 12.8. The molecule has 0 spiro atoms. The average molecular weight is 313 g/mol. The summed E-state index contributed by atoms with van der Waals surface area (Å²) in [6, 6.07) is 5.43. The van der Waals surface area contributed by atoms with Gasteiger partial charge in [0.2, 0.25) is 6.41 Å². The maximum Gasteiger partial charge on any atom is 0.253 e. The standard InChI is InChI=1S/C16H19N5O2/c22-10-20-5-3-12-8-21(9-13(12)4-6-20)16(23)11-1-2-14-15(7-11)18-19-17-14/h1-2,7,10,12-13H,3-6,8-9H2,(H,17,18,19). The van der Waals surface area contributed by atoms with Crippen LogP contribution in [0.2, 0.25) is 0 Å². The van der Waals surface area contributed by atoms with E-state index >= 15 is 0 Å². The van der Waals surface area contributed by atoms with Crippen molar-refractivity contribution in [3.05, 3.63) is 23.8 Å². The molecule has 2 aromatic rings. The molecule has 1 aromatic carbocycles. The predicted octanol–water partition coefficient (Wildman–Crippen LogP) is 0.898. The molecule has 7 nitrogen and oxygen atoms in total. The monoisotopic (exact) mass is 313 g/mol. The first-order valence-electron chi connectivity index (χ1n) is 8.04. The molecule has 0 saturated carbocycles. The topological polar surface area (TPSA) is 82.2 Å². The Kier molecular flexibility index (Phi) is 3.48. The van der Waals surface area contributed by atoms with Crippen molar-refractivity contribution in [3.8, 4) is 0 Å². The Balaban J connectivity index is 1.49. The lowest BCUT2D eigenvalue weighted by Gasteiger charge is -2.19. The molecule has 120 valence electrons. The van der Waals surface area contributed by atoms with Crippen molar-refractivity contribution in [1.82, 2.24) is 25.2 Å². The molecule has 0 bridgehead atoms. The lowest BCUT2D eigenvalue weighted by molar-refractivity contribution is -0.118. The number of benzene rings is 1. The Morgan fingerprint density at radius 3 is 2.52 bits per heavy atom. The Hall–Kier alpha value is -2.44. The van der Waals surface area contributed by atoms with E-state index in [4.69, 9.17) is 0 Å². The summed E-state index contributed by atoms with van der Waals surface area (Å²) in [7, 11) is 0. The second-order valence-electron chi connectivity index (χ2n) is 6.48. The number of hydrogen-bond acceptors (Lipinski definition) is 4. The van der Waals surface area contributed by atoms with E-state index in [1.807, 2.05) is 21.9 Å². The van der Waals surface area contributed by atoms with E-state index in [9.17, 15) is 9.59 Å². The fraction of sp³-hybridized carbons (Fsp3) is 0.500. The highest BCUT2D eigenvalue weighted by atomic mass is 16.2.